The number of rotatable bonds is 8. The summed E-state index contributed by atoms with van der Waals surface area (Å²) < 4.78 is 36.0. The van der Waals surface area contributed by atoms with Crippen LogP contribution in [0.2, 0.25) is 0 Å². The van der Waals surface area contributed by atoms with Gasteiger partial charge < -0.3 is 9.26 Å². The highest BCUT2D eigenvalue weighted by Gasteiger charge is 2.13. The fraction of sp³-hybridized carbons (Fsp3) is 0.429. The lowest BCUT2D eigenvalue weighted by atomic mass is 10.2. The second-order valence-corrected chi connectivity index (χ2v) is 6.60. The number of benzene rings is 1. The van der Waals surface area contributed by atoms with E-state index in [1.807, 2.05) is 31.2 Å². The first-order chi connectivity index (χ1) is 10.6. The monoisotopic (exact) mass is 325 g/mol. The van der Waals surface area contributed by atoms with Crippen molar-refractivity contribution >= 4 is 10.0 Å². The molecule has 0 saturated heterocycles. The summed E-state index contributed by atoms with van der Waals surface area (Å²) in [5, 5.41) is 3.90. The summed E-state index contributed by atoms with van der Waals surface area (Å²) in [5.41, 5.74) is 0.728. The van der Waals surface area contributed by atoms with E-state index in [0.29, 0.717) is 30.3 Å². The second-order valence-electron chi connectivity index (χ2n) is 4.68. The van der Waals surface area contributed by atoms with Crippen molar-refractivity contribution in [2.24, 2.45) is 0 Å². The molecule has 0 radical (unpaired) electrons. The Morgan fingerprint density at radius 2 is 2.09 bits per heavy atom. The molecule has 0 unspecified atom stereocenters. The van der Waals surface area contributed by atoms with Gasteiger partial charge in [-0.05, 0) is 18.6 Å². The Hall–Kier alpha value is -1.93. The fourth-order valence-corrected chi connectivity index (χ4v) is 3.04. The molecule has 1 aromatic heterocycles. The Morgan fingerprint density at radius 3 is 2.82 bits per heavy atom. The fourth-order valence-electron chi connectivity index (χ4n) is 1.95. The van der Waals surface area contributed by atoms with Crippen molar-refractivity contribution in [1.29, 1.82) is 0 Å². The van der Waals surface area contributed by atoms with Gasteiger partial charge in [0.2, 0.25) is 21.7 Å². The first-order valence-electron chi connectivity index (χ1n) is 6.99. The molecule has 0 aliphatic carbocycles. The number of nitrogens with zero attached hydrogens (tertiary/aromatic N) is 2. The third-order valence-corrected chi connectivity index (χ3v) is 4.54. The van der Waals surface area contributed by atoms with Crippen molar-refractivity contribution in [3.05, 3.63) is 30.2 Å². The van der Waals surface area contributed by atoms with E-state index >= 15 is 0 Å². The van der Waals surface area contributed by atoms with Crippen molar-refractivity contribution in [3.63, 3.8) is 0 Å². The highest BCUT2D eigenvalue weighted by molar-refractivity contribution is 7.89. The van der Waals surface area contributed by atoms with Crippen LogP contribution in [0, 0.1) is 0 Å². The summed E-state index contributed by atoms with van der Waals surface area (Å²) in [6, 6.07) is 7.35. The molecule has 0 aliphatic heterocycles. The van der Waals surface area contributed by atoms with Crippen LogP contribution in [-0.2, 0) is 16.4 Å². The van der Waals surface area contributed by atoms with Gasteiger partial charge in [-0.15, -0.1) is 0 Å². The molecule has 0 aliphatic rings. The zero-order valence-electron chi connectivity index (χ0n) is 12.6. The molecule has 0 amide bonds. The van der Waals surface area contributed by atoms with E-state index in [0.717, 1.165) is 5.56 Å². The van der Waals surface area contributed by atoms with E-state index in [1.54, 1.807) is 7.11 Å². The molecule has 0 spiro atoms. The van der Waals surface area contributed by atoms with Crippen LogP contribution in [0.1, 0.15) is 19.2 Å². The third kappa shape index (κ3) is 4.28. The van der Waals surface area contributed by atoms with Crippen LogP contribution < -0.4 is 9.46 Å². The number of aromatic nitrogens is 2. The molecule has 120 valence electrons. The molecule has 8 heteroatoms. The molecular weight excluding hydrogens is 306 g/mol. The van der Waals surface area contributed by atoms with E-state index in [9.17, 15) is 8.42 Å². The summed E-state index contributed by atoms with van der Waals surface area (Å²) in [7, 11) is -1.65. The van der Waals surface area contributed by atoms with E-state index in [4.69, 9.17) is 9.26 Å². The van der Waals surface area contributed by atoms with E-state index < -0.39 is 10.0 Å². The molecule has 1 heterocycles. The Bertz CT molecular complexity index is 712. The van der Waals surface area contributed by atoms with Crippen LogP contribution in [0.25, 0.3) is 11.4 Å². The topological polar surface area (TPSA) is 94.3 Å². The molecule has 7 nitrogen and oxygen atoms in total. The minimum Gasteiger partial charge on any atom is -0.496 e. The third-order valence-electron chi connectivity index (χ3n) is 2.95. The Kier molecular flexibility index (Phi) is 5.51. The number of para-hydroxylation sites is 1. The number of hydrogen-bond acceptors (Lipinski definition) is 6. The summed E-state index contributed by atoms with van der Waals surface area (Å²) >= 11 is 0. The number of methoxy groups -OCH3 is 1. The maximum atomic E-state index is 11.5. The van der Waals surface area contributed by atoms with E-state index in [1.165, 1.54) is 0 Å². The lowest BCUT2D eigenvalue weighted by molar-refractivity contribution is 0.378. The maximum Gasteiger partial charge on any atom is 0.228 e. The number of ether oxygens (including phenoxy) is 1. The summed E-state index contributed by atoms with van der Waals surface area (Å²) in [6.07, 6.45) is 0.916. The molecular formula is C14H19N3O4S. The van der Waals surface area contributed by atoms with Crippen LogP contribution in [0.15, 0.2) is 28.8 Å². The van der Waals surface area contributed by atoms with Gasteiger partial charge in [0, 0.05) is 13.0 Å². The molecule has 0 bridgehead atoms. The zero-order chi connectivity index (χ0) is 16.0. The predicted octanol–water partition coefficient (Wildman–Crippen LogP) is 1.62. The number of hydrogen-bond donors (Lipinski definition) is 1. The lowest BCUT2D eigenvalue weighted by Gasteiger charge is -2.03. The largest absolute Gasteiger partial charge is 0.496 e. The first-order valence-corrected chi connectivity index (χ1v) is 8.64. The lowest BCUT2D eigenvalue weighted by Crippen LogP contribution is -2.28. The van der Waals surface area contributed by atoms with Crippen LogP contribution in [0.4, 0.5) is 0 Å². The molecule has 0 fully saturated rings. The van der Waals surface area contributed by atoms with Crippen LogP contribution in [0.3, 0.4) is 0 Å². The van der Waals surface area contributed by atoms with Crippen molar-refractivity contribution in [1.82, 2.24) is 14.9 Å². The molecule has 1 N–H and O–H groups in total. The number of nitrogens with one attached hydrogen (secondary N) is 1. The van der Waals surface area contributed by atoms with Crippen molar-refractivity contribution < 1.29 is 17.7 Å². The molecule has 2 rings (SSSR count). The quantitative estimate of drug-likeness (QED) is 0.792. The highest BCUT2D eigenvalue weighted by atomic mass is 32.2. The predicted molar refractivity (Wildman–Crippen MR) is 82.1 cm³/mol. The standard InChI is InChI=1S/C14H19N3O4S/c1-3-10-22(18,19)15-9-8-13-16-14(17-21-13)11-6-4-5-7-12(11)20-2/h4-7,15H,3,8-10H2,1-2H3. The van der Waals surface area contributed by atoms with Gasteiger partial charge in [-0.2, -0.15) is 4.98 Å². The summed E-state index contributed by atoms with van der Waals surface area (Å²) in [4.78, 5) is 4.26. The van der Waals surface area contributed by atoms with Gasteiger partial charge in [-0.3, -0.25) is 0 Å². The molecule has 2 aromatic rings. The highest BCUT2D eigenvalue weighted by Crippen LogP contribution is 2.26. The average Bonchev–Trinajstić information content (AvgIpc) is 2.95. The van der Waals surface area contributed by atoms with Crippen molar-refractivity contribution in [2.45, 2.75) is 19.8 Å². The minimum absolute atomic E-state index is 0.114. The molecule has 0 atom stereocenters. The van der Waals surface area contributed by atoms with Crippen LogP contribution >= 0.6 is 0 Å². The first kappa shape index (κ1) is 16.4. The Labute approximate surface area is 129 Å². The maximum absolute atomic E-state index is 11.5. The van der Waals surface area contributed by atoms with Crippen LogP contribution in [-0.4, -0.2) is 38.0 Å². The van der Waals surface area contributed by atoms with Crippen molar-refractivity contribution in [2.75, 3.05) is 19.4 Å². The van der Waals surface area contributed by atoms with Crippen LogP contribution in [0.5, 0.6) is 5.75 Å². The molecule has 0 saturated carbocycles. The smallest absolute Gasteiger partial charge is 0.228 e. The van der Waals surface area contributed by atoms with Gasteiger partial charge in [-0.1, -0.05) is 24.2 Å². The van der Waals surface area contributed by atoms with Gasteiger partial charge in [0.25, 0.3) is 0 Å². The SMILES string of the molecule is CCCS(=O)(=O)NCCc1nc(-c2ccccc2OC)no1. The minimum atomic E-state index is -3.22. The van der Waals surface area contributed by atoms with Gasteiger partial charge in [-0.25, -0.2) is 13.1 Å². The zero-order valence-corrected chi connectivity index (χ0v) is 13.4. The number of sulfonamides is 1. The van der Waals surface area contributed by atoms with Gasteiger partial charge >= 0.3 is 0 Å². The Balaban J connectivity index is 2.00. The second kappa shape index (κ2) is 7.37. The van der Waals surface area contributed by atoms with Gasteiger partial charge in [0.15, 0.2) is 0 Å². The Morgan fingerprint density at radius 1 is 1.32 bits per heavy atom. The van der Waals surface area contributed by atoms with E-state index in [2.05, 4.69) is 14.9 Å². The molecule has 22 heavy (non-hydrogen) atoms. The average molecular weight is 325 g/mol. The normalized spacial score (nSPS) is 11.5. The molecule has 1 aromatic carbocycles. The summed E-state index contributed by atoms with van der Waals surface area (Å²) in [6.45, 7) is 2.05. The van der Waals surface area contributed by atoms with Gasteiger partial charge in [0.05, 0.1) is 18.4 Å². The van der Waals surface area contributed by atoms with Gasteiger partial charge in [0.1, 0.15) is 5.75 Å². The summed E-state index contributed by atoms with van der Waals surface area (Å²) in [5.74, 6) is 1.56. The van der Waals surface area contributed by atoms with E-state index in [-0.39, 0.29) is 12.3 Å². The van der Waals surface area contributed by atoms with Crippen molar-refractivity contribution in [3.8, 4) is 17.1 Å².